The third-order valence-electron chi connectivity index (χ3n) is 5.23. The Balaban J connectivity index is 1.50. The maximum absolute atomic E-state index is 13.1. The molecule has 0 bridgehead atoms. The number of rotatable bonds is 8. The molecule has 128 valence electrons. The summed E-state index contributed by atoms with van der Waals surface area (Å²) in [5, 5.41) is 0. The minimum Gasteiger partial charge on any atom is -0.297 e. The van der Waals surface area contributed by atoms with Crippen LogP contribution in [-0.2, 0) is 13.0 Å². The van der Waals surface area contributed by atoms with Crippen LogP contribution in [0.5, 0.6) is 0 Å². The molecule has 1 saturated carbocycles. The normalized spacial score (nSPS) is 21.0. The van der Waals surface area contributed by atoms with Gasteiger partial charge in [-0.25, -0.2) is 4.39 Å². The van der Waals surface area contributed by atoms with Crippen molar-refractivity contribution in [2.75, 3.05) is 6.54 Å². The van der Waals surface area contributed by atoms with E-state index in [1.165, 1.54) is 16.7 Å². The Morgan fingerprint density at radius 2 is 1.71 bits per heavy atom. The van der Waals surface area contributed by atoms with E-state index in [4.69, 9.17) is 0 Å². The van der Waals surface area contributed by atoms with Gasteiger partial charge >= 0.3 is 0 Å². The fraction of sp³-hybridized carbons (Fsp3) is 0.455. The second-order valence-electron chi connectivity index (χ2n) is 7.04. The minimum atomic E-state index is -0.605. The molecular weight excluding hydrogens is 297 g/mol. The highest BCUT2D eigenvalue weighted by Gasteiger charge is 2.38. The highest BCUT2D eigenvalue weighted by atomic mass is 19.1. The topological polar surface area (TPSA) is 3.24 Å². The molecule has 0 spiro atoms. The van der Waals surface area contributed by atoms with Crippen molar-refractivity contribution in [2.45, 2.75) is 57.8 Å². The summed E-state index contributed by atoms with van der Waals surface area (Å²) in [6, 6.07) is 19.8. The molecule has 0 N–H and O–H groups in total. The van der Waals surface area contributed by atoms with Crippen LogP contribution in [0.25, 0.3) is 0 Å². The highest BCUT2D eigenvalue weighted by molar-refractivity contribution is 5.30. The maximum Gasteiger partial charge on any atom is 0.108 e. The first-order chi connectivity index (χ1) is 11.7. The molecule has 1 aliphatic carbocycles. The van der Waals surface area contributed by atoms with Gasteiger partial charge in [-0.05, 0) is 49.4 Å². The lowest BCUT2D eigenvalue weighted by Gasteiger charge is -2.28. The van der Waals surface area contributed by atoms with Crippen molar-refractivity contribution in [2.24, 2.45) is 0 Å². The van der Waals surface area contributed by atoms with Crippen LogP contribution in [0.4, 0.5) is 4.39 Å². The summed E-state index contributed by atoms with van der Waals surface area (Å²) in [5.41, 5.74) is 3.90. The molecule has 1 aliphatic rings. The number of benzene rings is 2. The molecule has 0 aromatic heterocycles. The van der Waals surface area contributed by atoms with Crippen molar-refractivity contribution in [1.82, 2.24) is 4.90 Å². The van der Waals surface area contributed by atoms with E-state index in [-0.39, 0.29) is 5.92 Å². The van der Waals surface area contributed by atoms with E-state index in [2.05, 4.69) is 73.3 Å². The molecule has 0 radical (unpaired) electrons. The molecule has 1 fully saturated rings. The summed E-state index contributed by atoms with van der Waals surface area (Å²) in [5.74, 6) is 0.166. The number of halogens is 1. The van der Waals surface area contributed by atoms with Crippen LogP contribution < -0.4 is 0 Å². The lowest BCUT2D eigenvalue weighted by Crippen LogP contribution is -2.32. The van der Waals surface area contributed by atoms with Gasteiger partial charge in [-0.3, -0.25) is 4.90 Å². The largest absolute Gasteiger partial charge is 0.297 e. The lowest BCUT2D eigenvalue weighted by molar-refractivity contribution is 0.201. The number of hydrogen-bond acceptors (Lipinski definition) is 1. The van der Waals surface area contributed by atoms with Gasteiger partial charge in [-0.1, -0.05) is 61.5 Å². The van der Waals surface area contributed by atoms with Gasteiger partial charge in [0.25, 0.3) is 0 Å². The quantitative estimate of drug-likeness (QED) is 0.632. The van der Waals surface area contributed by atoms with Gasteiger partial charge in [0.15, 0.2) is 0 Å². The molecular formula is C22H28FN. The van der Waals surface area contributed by atoms with Crippen LogP contribution in [0.1, 0.15) is 49.3 Å². The Morgan fingerprint density at radius 1 is 1.04 bits per heavy atom. The average Bonchev–Trinajstić information content (AvgIpc) is 3.35. The molecule has 3 atom stereocenters. The standard InChI is InChI=1S/C22H28FN/c1-3-24(16-19-7-5-4-6-8-19)17(2)9-10-18-11-13-20(14-12-18)21-15-22(21)23/h4-8,11-14,17,21-22H,3,9-10,15-16H2,1-2H3. The maximum atomic E-state index is 13.1. The second kappa shape index (κ2) is 7.94. The monoisotopic (exact) mass is 325 g/mol. The van der Waals surface area contributed by atoms with Crippen LogP contribution in [0.3, 0.4) is 0 Å². The van der Waals surface area contributed by atoms with Gasteiger partial charge in [-0.15, -0.1) is 0 Å². The lowest BCUT2D eigenvalue weighted by atomic mass is 10.0. The summed E-state index contributed by atoms with van der Waals surface area (Å²) in [7, 11) is 0. The van der Waals surface area contributed by atoms with Crippen LogP contribution in [-0.4, -0.2) is 23.7 Å². The van der Waals surface area contributed by atoms with Gasteiger partial charge in [0.05, 0.1) is 0 Å². The Labute approximate surface area is 145 Å². The van der Waals surface area contributed by atoms with E-state index in [0.717, 1.165) is 25.9 Å². The molecule has 0 heterocycles. The summed E-state index contributed by atoms with van der Waals surface area (Å²) < 4.78 is 13.1. The Kier molecular flexibility index (Phi) is 5.68. The average molecular weight is 325 g/mol. The summed E-state index contributed by atoms with van der Waals surface area (Å²) in [6.07, 6.45) is 2.33. The summed E-state index contributed by atoms with van der Waals surface area (Å²) in [4.78, 5) is 2.53. The highest BCUT2D eigenvalue weighted by Crippen LogP contribution is 2.43. The number of alkyl halides is 1. The van der Waals surface area contributed by atoms with Crippen molar-refractivity contribution < 1.29 is 4.39 Å². The fourth-order valence-electron chi connectivity index (χ4n) is 3.40. The van der Waals surface area contributed by atoms with Crippen LogP contribution in [0.15, 0.2) is 54.6 Å². The summed E-state index contributed by atoms with van der Waals surface area (Å²) in [6.45, 7) is 6.63. The molecule has 2 aromatic rings. The van der Waals surface area contributed by atoms with Gasteiger partial charge < -0.3 is 0 Å². The molecule has 2 aromatic carbocycles. The first-order valence-corrected chi connectivity index (χ1v) is 9.18. The van der Waals surface area contributed by atoms with E-state index in [9.17, 15) is 4.39 Å². The van der Waals surface area contributed by atoms with E-state index < -0.39 is 6.17 Å². The third-order valence-corrected chi connectivity index (χ3v) is 5.23. The molecule has 24 heavy (non-hydrogen) atoms. The van der Waals surface area contributed by atoms with Crippen LogP contribution in [0.2, 0.25) is 0 Å². The molecule has 3 rings (SSSR count). The summed E-state index contributed by atoms with van der Waals surface area (Å²) >= 11 is 0. The first kappa shape index (κ1) is 17.2. The Bertz CT molecular complexity index is 622. The van der Waals surface area contributed by atoms with Crippen molar-refractivity contribution in [3.63, 3.8) is 0 Å². The molecule has 0 saturated heterocycles. The molecule has 0 aliphatic heterocycles. The zero-order valence-electron chi connectivity index (χ0n) is 14.8. The predicted molar refractivity (Wildman–Crippen MR) is 99.0 cm³/mol. The first-order valence-electron chi connectivity index (χ1n) is 9.18. The van der Waals surface area contributed by atoms with Crippen molar-refractivity contribution in [3.8, 4) is 0 Å². The smallest absolute Gasteiger partial charge is 0.108 e. The van der Waals surface area contributed by atoms with Crippen LogP contribution in [0, 0.1) is 0 Å². The molecule has 0 amide bonds. The van der Waals surface area contributed by atoms with Gasteiger partial charge in [0, 0.05) is 18.5 Å². The van der Waals surface area contributed by atoms with E-state index >= 15 is 0 Å². The fourth-order valence-corrected chi connectivity index (χ4v) is 3.40. The second-order valence-corrected chi connectivity index (χ2v) is 7.04. The van der Waals surface area contributed by atoms with Crippen LogP contribution >= 0.6 is 0 Å². The van der Waals surface area contributed by atoms with Gasteiger partial charge in [-0.2, -0.15) is 0 Å². The van der Waals surface area contributed by atoms with Gasteiger partial charge in [0.1, 0.15) is 6.17 Å². The SMILES string of the molecule is CCN(Cc1ccccc1)C(C)CCc1ccc(C2CC2F)cc1. The number of aryl methyl sites for hydroxylation is 1. The predicted octanol–water partition coefficient (Wildman–Crippen LogP) is 5.36. The van der Waals surface area contributed by atoms with E-state index in [1.807, 2.05) is 0 Å². The van der Waals surface area contributed by atoms with Gasteiger partial charge in [0.2, 0.25) is 0 Å². The third kappa shape index (κ3) is 4.45. The molecule has 3 unspecified atom stereocenters. The van der Waals surface area contributed by atoms with E-state index in [0.29, 0.717) is 12.5 Å². The van der Waals surface area contributed by atoms with Crippen molar-refractivity contribution in [1.29, 1.82) is 0 Å². The number of nitrogens with zero attached hydrogens (tertiary/aromatic N) is 1. The molecule has 2 heteroatoms. The van der Waals surface area contributed by atoms with E-state index in [1.54, 1.807) is 0 Å². The Hall–Kier alpha value is -1.67. The zero-order chi connectivity index (χ0) is 16.9. The number of hydrogen-bond donors (Lipinski definition) is 0. The zero-order valence-corrected chi connectivity index (χ0v) is 14.8. The Morgan fingerprint density at radius 3 is 2.29 bits per heavy atom. The van der Waals surface area contributed by atoms with Crippen molar-refractivity contribution >= 4 is 0 Å². The van der Waals surface area contributed by atoms with Crippen molar-refractivity contribution in [3.05, 3.63) is 71.3 Å². The minimum absolute atomic E-state index is 0.166. The molecule has 1 nitrogen and oxygen atoms in total.